The van der Waals surface area contributed by atoms with Crippen LogP contribution in [0, 0.1) is 6.92 Å². The maximum atomic E-state index is 11.8. The summed E-state index contributed by atoms with van der Waals surface area (Å²) >= 11 is 0. The van der Waals surface area contributed by atoms with Crippen LogP contribution in [0.25, 0.3) is 11.0 Å². The van der Waals surface area contributed by atoms with Crippen LogP contribution in [0.1, 0.15) is 21.7 Å². The Hall–Kier alpha value is -2.89. The molecule has 3 aromatic rings. The summed E-state index contributed by atoms with van der Waals surface area (Å²) < 4.78 is 6.54. The summed E-state index contributed by atoms with van der Waals surface area (Å²) in [5.74, 6) is -1.21. The summed E-state index contributed by atoms with van der Waals surface area (Å²) in [6.07, 6.45) is 1.63. The van der Waals surface area contributed by atoms with Crippen molar-refractivity contribution in [2.24, 2.45) is 0 Å². The lowest BCUT2D eigenvalue weighted by molar-refractivity contribution is 0.0665. The molecule has 0 aliphatic rings. The number of furan rings is 1. The molecule has 1 aromatic carbocycles. The Bertz CT molecular complexity index is 892. The van der Waals surface area contributed by atoms with Crippen molar-refractivity contribution >= 4 is 16.9 Å². The Morgan fingerprint density at radius 3 is 2.86 bits per heavy atom. The van der Waals surface area contributed by atoms with Crippen molar-refractivity contribution in [3.63, 3.8) is 0 Å². The fraction of sp³-hybridized carbons (Fsp3) is 0.133. The van der Waals surface area contributed by atoms with Gasteiger partial charge < -0.3 is 9.52 Å². The van der Waals surface area contributed by atoms with Crippen molar-refractivity contribution in [2.75, 3.05) is 0 Å². The van der Waals surface area contributed by atoms with Gasteiger partial charge in [0, 0.05) is 11.5 Å². The molecule has 0 fully saturated rings. The number of carboxylic acids is 1. The van der Waals surface area contributed by atoms with Gasteiger partial charge in [0.2, 0.25) is 5.76 Å². The van der Waals surface area contributed by atoms with E-state index in [0.717, 1.165) is 11.1 Å². The van der Waals surface area contributed by atoms with Gasteiger partial charge in [-0.2, -0.15) is 5.10 Å². The smallest absolute Gasteiger partial charge is 0.371 e. The first-order chi connectivity index (χ1) is 10.0. The van der Waals surface area contributed by atoms with E-state index in [0.29, 0.717) is 17.5 Å². The molecule has 0 aliphatic heterocycles. The third-order valence-corrected chi connectivity index (χ3v) is 3.13. The normalized spacial score (nSPS) is 10.9. The highest BCUT2D eigenvalue weighted by molar-refractivity contribution is 5.91. The molecule has 2 heterocycles. The van der Waals surface area contributed by atoms with Gasteiger partial charge in [-0.25, -0.2) is 9.48 Å². The first-order valence-electron chi connectivity index (χ1n) is 6.32. The average Bonchev–Trinajstić information content (AvgIpc) is 2.85. The van der Waals surface area contributed by atoms with Gasteiger partial charge >= 0.3 is 5.97 Å². The molecule has 1 N–H and O–H groups in total. The molecule has 0 radical (unpaired) electrons. The summed E-state index contributed by atoms with van der Waals surface area (Å²) in [4.78, 5) is 22.7. The highest BCUT2D eigenvalue weighted by atomic mass is 16.4. The third-order valence-electron chi connectivity index (χ3n) is 3.13. The van der Waals surface area contributed by atoms with E-state index in [1.165, 1.54) is 16.8 Å². The molecule has 0 atom stereocenters. The molecule has 0 spiro atoms. The Labute approximate surface area is 119 Å². The molecule has 0 amide bonds. The van der Waals surface area contributed by atoms with Crippen molar-refractivity contribution in [1.82, 2.24) is 9.78 Å². The quantitative estimate of drug-likeness (QED) is 0.795. The van der Waals surface area contributed by atoms with Crippen LogP contribution in [-0.4, -0.2) is 20.9 Å². The molecule has 0 bridgehead atoms. The molecule has 0 aliphatic carbocycles. The Balaban J connectivity index is 1.97. The van der Waals surface area contributed by atoms with Gasteiger partial charge in [0.1, 0.15) is 5.58 Å². The summed E-state index contributed by atoms with van der Waals surface area (Å²) in [5.41, 5.74) is 1.99. The predicted octanol–water partition coefficient (Wildman–Crippen LogP) is 2.04. The van der Waals surface area contributed by atoms with E-state index in [1.807, 2.05) is 6.92 Å². The van der Waals surface area contributed by atoms with Gasteiger partial charge in [0.15, 0.2) is 0 Å². The standard InChI is InChI=1S/C15H12N2O4/c1-9-4-14(18)17(16-7-9)8-10-2-3-12-11(5-10)6-13(21-12)15(19)20/h2-7H,8H2,1H3,(H,19,20). The summed E-state index contributed by atoms with van der Waals surface area (Å²) in [7, 11) is 0. The lowest BCUT2D eigenvalue weighted by atomic mass is 10.1. The zero-order chi connectivity index (χ0) is 15.0. The maximum absolute atomic E-state index is 11.8. The van der Waals surface area contributed by atoms with Crippen LogP contribution in [0.15, 0.2) is 45.7 Å². The number of aromatic carboxylic acids is 1. The van der Waals surface area contributed by atoms with E-state index in [4.69, 9.17) is 9.52 Å². The molecular weight excluding hydrogens is 272 g/mol. The van der Waals surface area contributed by atoms with Gasteiger partial charge in [-0.1, -0.05) is 6.07 Å². The van der Waals surface area contributed by atoms with Crippen molar-refractivity contribution in [2.45, 2.75) is 13.5 Å². The highest BCUT2D eigenvalue weighted by Crippen LogP contribution is 2.21. The Kier molecular flexibility index (Phi) is 3.06. The minimum atomic E-state index is -1.11. The maximum Gasteiger partial charge on any atom is 0.371 e. The molecule has 0 saturated heterocycles. The second-order valence-corrected chi connectivity index (χ2v) is 4.82. The van der Waals surface area contributed by atoms with Crippen LogP contribution in [0.3, 0.4) is 0 Å². The van der Waals surface area contributed by atoms with Crippen LogP contribution in [0.4, 0.5) is 0 Å². The first kappa shape index (κ1) is 13.1. The molecule has 106 valence electrons. The number of aryl methyl sites for hydroxylation is 1. The number of carboxylic acid groups (broad SMARTS) is 1. The third kappa shape index (κ3) is 2.55. The van der Waals surface area contributed by atoms with Gasteiger partial charge in [-0.3, -0.25) is 4.79 Å². The van der Waals surface area contributed by atoms with Crippen LogP contribution in [0.2, 0.25) is 0 Å². The monoisotopic (exact) mass is 284 g/mol. The van der Waals surface area contributed by atoms with E-state index in [2.05, 4.69) is 5.10 Å². The molecule has 3 rings (SSSR count). The van der Waals surface area contributed by atoms with Gasteiger partial charge in [-0.05, 0) is 36.2 Å². The van der Waals surface area contributed by atoms with E-state index >= 15 is 0 Å². The second kappa shape index (κ2) is 4.90. The number of fused-ring (bicyclic) bond motifs is 1. The van der Waals surface area contributed by atoms with E-state index in [1.54, 1.807) is 24.4 Å². The van der Waals surface area contributed by atoms with Gasteiger partial charge in [-0.15, -0.1) is 0 Å². The minimum Gasteiger partial charge on any atom is -0.475 e. The Morgan fingerprint density at radius 2 is 2.14 bits per heavy atom. The second-order valence-electron chi connectivity index (χ2n) is 4.82. The fourth-order valence-corrected chi connectivity index (χ4v) is 2.11. The Morgan fingerprint density at radius 1 is 1.33 bits per heavy atom. The summed E-state index contributed by atoms with van der Waals surface area (Å²) in [6, 6.07) is 8.25. The molecule has 6 heteroatoms. The largest absolute Gasteiger partial charge is 0.475 e. The molecule has 0 unspecified atom stereocenters. The summed E-state index contributed by atoms with van der Waals surface area (Å²) in [6.45, 7) is 2.13. The van der Waals surface area contributed by atoms with Crippen molar-refractivity contribution in [3.05, 3.63) is 63.8 Å². The number of hydrogen-bond donors (Lipinski definition) is 1. The van der Waals surface area contributed by atoms with Crippen molar-refractivity contribution < 1.29 is 14.3 Å². The van der Waals surface area contributed by atoms with E-state index in [-0.39, 0.29) is 11.3 Å². The SMILES string of the molecule is Cc1cnn(Cc2ccc3oc(C(=O)O)cc3c2)c(=O)c1. The number of rotatable bonds is 3. The molecular formula is C15H12N2O4. The summed E-state index contributed by atoms with van der Waals surface area (Å²) in [5, 5.41) is 13.7. The number of hydrogen-bond acceptors (Lipinski definition) is 4. The topological polar surface area (TPSA) is 85.3 Å². The lowest BCUT2D eigenvalue weighted by Gasteiger charge is -2.04. The molecule has 6 nitrogen and oxygen atoms in total. The van der Waals surface area contributed by atoms with Crippen molar-refractivity contribution in [3.8, 4) is 0 Å². The van der Waals surface area contributed by atoms with Crippen LogP contribution >= 0.6 is 0 Å². The predicted molar refractivity (Wildman–Crippen MR) is 75.5 cm³/mol. The number of benzene rings is 1. The van der Waals surface area contributed by atoms with E-state index < -0.39 is 5.97 Å². The molecule has 21 heavy (non-hydrogen) atoms. The van der Waals surface area contributed by atoms with Gasteiger partial charge in [0.25, 0.3) is 5.56 Å². The zero-order valence-corrected chi connectivity index (χ0v) is 11.2. The average molecular weight is 284 g/mol. The number of aromatic nitrogens is 2. The number of nitrogens with zero attached hydrogens (tertiary/aromatic N) is 2. The molecule has 2 aromatic heterocycles. The van der Waals surface area contributed by atoms with Crippen LogP contribution < -0.4 is 5.56 Å². The highest BCUT2D eigenvalue weighted by Gasteiger charge is 2.11. The minimum absolute atomic E-state index is 0.104. The fourth-order valence-electron chi connectivity index (χ4n) is 2.11. The first-order valence-corrected chi connectivity index (χ1v) is 6.32. The lowest BCUT2D eigenvalue weighted by Crippen LogP contribution is -2.22. The van der Waals surface area contributed by atoms with Gasteiger partial charge in [0.05, 0.1) is 12.7 Å². The van der Waals surface area contributed by atoms with Crippen molar-refractivity contribution in [1.29, 1.82) is 0 Å². The molecule has 0 saturated carbocycles. The van der Waals surface area contributed by atoms with Crippen LogP contribution in [0.5, 0.6) is 0 Å². The zero-order valence-electron chi connectivity index (χ0n) is 11.2. The van der Waals surface area contributed by atoms with E-state index in [9.17, 15) is 9.59 Å². The number of carbonyl (C=O) groups is 1. The van der Waals surface area contributed by atoms with Crippen LogP contribution in [-0.2, 0) is 6.54 Å².